The van der Waals surface area contributed by atoms with Crippen LogP contribution in [0.4, 0.5) is 5.69 Å². The van der Waals surface area contributed by atoms with Crippen molar-refractivity contribution in [3.05, 3.63) is 71.8 Å². The van der Waals surface area contributed by atoms with Crippen LogP contribution in [0.15, 0.2) is 60.0 Å². The molecule has 6 heteroatoms. The fourth-order valence-electron chi connectivity index (χ4n) is 2.94. The maximum absolute atomic E-state index is 12.5. The summed E-state index contributed by atoms with van der Waals surface area (Å²) in [5, 5.41) is 5.95. The summed E-state index contributed by atoms with van der Waals surface area (Å²) in [5.74, 6) is 0.0983. The van der Waals surface area contributed by atoms with Gasteiger partial charge < -0.3 is 10.1 Å². The van der Waals surface area contributed by atoms with Crippen LogP contribution in [-0.4, -0.2) is 31.3 Å². The Hall–Kier alpha value is -2.57. The van der Waals surface area contributed by atoms with Gasteiger partial charge in [0.2, 0.25) is 5.91 Å². The van der Waals surface area contributed by atoms with Gasteiger partial charge in [0.25, 0.3) is 0 Å². The largest absolute Gasteiger partial charge is 0.468 e. The number of ether oxygens (including phenoxy) is 1. The predicted molar refractivity (Wildman–Crippen MR) is 115 cm³/mol. The summed E-state index contributed by atoms with van der Waals surface area (Å²) in [5.41, 5.74) is 3.51. The van der Waals surface area contributed by atoms with E-state index in [9.17, 15) is 9.59 Å². The highest BCUT2D eigenvalue weighted by Gasteiger charge is 2.25. The molecule has 0 unspecified atom stereocenters. The number of nitrogens with one attached hydrogen (secondary N) is 2. The minimum absolute atomic E-state index is 0.0198. The number of hydrogen-bond donors (Lipinski definition) is 2. The number of thioether (sulfide) groups is 1. The summed E-state index contributed by atoms with van der Waals surface area (Å²) in [6.45, 7) is 7.58. The third-order valence-corrected chi connectivity index (χ3v) is 5.32. The fourth-order valence-corrected chi connectivity index (χ4v) is 3.68. The van der Waals surface area contributed by atoms with Crippen molar-refractivity contribution in [2.45, 2.75) is 24.8 Å². The summed E-state index contributed by atoms with van der Waals surface area (Å²) in [6.07, 6.45) is 1.82. The van der Waals surface area contributed by atoms with Crippen LogP contribution in [0.5, 0.6) is 0 Å². The van der Waals surface area contributed by atoms with E-state index in [1.807, 2.05) is 62.4 Å². The normalized spacial score (nSPS) is 11.5. The maximum atomic E-state index is 12.5. The lowest BCUT2D eigenvalue weighted by Crippen LogP contribution is -2.36. The Bertz CT molecular complexity index is 831. The zero-order valence-electron chi connectivity index (χ0n) is 16.5. The Balaban J connectivity index is 2.11. The molecule has 0 aliphatic rings. The van der Waals surface area contributed by atoms with Crippen LogP contribution in [0.2, 0.25) is 0 Å². The van der Waals surface area contributed by atoms with Crippen molar-refractivity contribution in [1.29, 1.82) is 0 Å². The fraction of sp³-hybridized carbons (Fsp3) is 0.273. The minimum Gasteiger partial charge on any atom is -0.468 e. The van der Waals surface area contributed by atoms with E-state index in [1.165, 1.54) is 7.11 Å². The Labute approximate surface area is 170 Å². The van der Waals surface area contributed by atoms with Gasteiger partial charge in [-0.2, -0.15) is 0 Å². The SMILES string of the molecule is C=CCSc1ccccc1NC(=O)CN[C@@H](C(=O)OC)c1c(C)cccc1C. The van der Waals surface area contributed by atoms with Crippen molar-refractivity contribution in [2.75, 3.05) is 24.7 Å². The average Bonchev–Trinajstić information content (AvgIpc) is 2.69. The molecule has 0 saturated heterocycles. The number of aryl methyl sites for hydroxylation is 2. The molecule has 0 heterocycles. The number of methoxy groups -OCH3 is 1. The van der Waals surface area contributed by atoms with E-state index >= 15 is 0 Å². The van der Waals surface area contributed by atoms with Crippen LogP contribution in [0.1, 0.15) is 22.7 Å². The molecule has 28 heavy (non-hydrogen) atoms. The molecule has 2 aromatic carbocycles. The molecule has 0 aliphatic carbocycles. The van der Waals surface area contributed by atoms with Crippen LogP contribution < -0.4 is 10.6 Å². The molecule has 0 fully saturated rings. The van der Waals surface area contributed by atoms with Crippen LogP contribution in [0, 0.1) is 13.8 Å². The number of esters is 1. The van der Waals surface area contributed by atoms with Gasteiger partial charge in [-0.25, -0.2) is 4.79 Å². The van der Waals surface area contributed by atoms with Gasteiger partial charge in [0.05, 0.1) is 19.3 Å². The van der Waals surface area contributed by atoms with Crippen LogP contribution in [-0.2, 0) is 14.3 Å². The molecule has 0 saturated carbocycles. The van der Waals surface area contributed by atoms with Crippen molar-refractivity contribution >= 4 is 29.3 Å². The Morgan fingerprint density at radius 1 is 1.14 bits per heavy atom. The van der Waals surface area contributed by atoms with Gasteiger partial charge in [-0.1, -0.05) is 36.4 Å². The molecule has 2 aromatic rings. The summed E-state index contributed by atoms with van der Waals surface area (Å²) >= 11 is 1.60. The molecule has 2 rings (SSSR count). The molecular formula is C22H26N2O3S. The van der Waals surface area contributed by atoms with Crippen molar-refractivity contribution in [3.8, 4) is 0 Å². The van der Waals surface area contributed by atoms with E-state index in [2.05, 4.69) is 17.2 Å². The van der Waals surface area contributed by atoms with Gasteiger partial charge in [0, 0.05) is 10.6 Å². The van der Waals surface area contributed by atoms with Gasteiger partial charge in [0.1, 0.15) is 6.04 Å². The molecule has 0 spiro atoms. The molecule has 0 bridgehead atoms. The highest BCUT2D eigenvalue weighted by Crippen LogP contribution is 2.27. The minimum atomic E-state index is -0.706. The van der Waals surface area contributed by atoms with Gasteiger partial charge in [-0.3, -0.25) is 10.1 Å². The van der Waals surface area contributed by atoms with Gasteiger partial charge >= 0.3 is 5.97 Å². The lowest BCUT2D eigenvalue weighted by atomic mass is 9.96. The predicted octanol–water partition coefficient (Wildman–Crippen LogP) is 4.02. The summed E-state index contributed by atoms with van der Waals surface area (Å²) in [7, 11) is 1.35. The van der Waals surface area contributed by atoms with E-state index in [1.54, 1.807) is 11.8 Å². The summed E-state index contributed by atoms with van der Waals surface area (Å²) < 4.78 is 4.94. The van der Waals surface area contributed by atoms with Gasteiger partial charge in [0.15, 0.2) is 0 Å². The van der Waals surface area contributed by atoms with Crippen molar-refractivity contribution in [3.63, 3.8) is 0 Å². The number of rotatable bonds is 9. The Morgan fingerprint density at radius 2 is 1.82 bits per heavy atom. The van der Waals surface area contributed by atoms with E-state index in [0.717, 1.165) is 33.0 Å². The van der Waals surface area contributed by atoms with E-state index in [4.69, 9.17) is 4.74 Å². The molecule has 0 aromatic heterocycles. The van der Waals surface area contributed by atoms with E-state index < -0.39 is 12.0 Å². The number of para-hydroxylation sites is 1. The van der Waals surface area contributed by atoms with E-state index in [0.29, 0.717) is 0 Å². The number of carbonyl (C=O) groups excluding carboxylic acids is 2. The lowest BCUT2D eigenvalue weighted by Gasteiger charge is -2.21. The number of benzene rings is 2. The third kappa shape index (κ3) is 5.71. The molecular weight excluding hydrogens is 372 g/mol. The first kappa shape index (κ1) is 21.7. The van der Waals surface area contributed by atoms with Crippen LogP contribution in [0.25, 0.3) is 0 Å². The van der Waals surface area contributed by atoms with Crippen molar-refractivity contribution in [1.82, 2.24) is 5.32 Å². The van der Waals surface area contributed by atoms with Crippen LogP contribution >= 0.6 is 11.8 Å². The summed E-state index contributed by atoms with van der Waals surface area (Å²) in [6, 6.07) is 12.7. The molecule has 1 atom stereocenters. The van der Waals surface area contributed by atoms with Crippen molar-refractivity contribution < 1.29 is 14.3 Å². The van der Waals surface area contributed by atoms with E-state index in [-0.39, 0.29) is 12.5 Å². The first-order chi connectivity index (χ1) is 13.5. The smallest absolute Gasteiger partial charge is 0.327 e. The molecule has 2 N–H and O–H groups in total. The number of hydrogen-bond acceptors (Lipinski definition) is 5. The molecule has 1 amide bonds. The standard InChI is InChI=1S/C22H26N2O3S/c1-5-13-28-18-12-7-6-11-17(18)24-19(25)14-23-21(22(26)27-4)20-15(2)9-8-10-16(20)3/h5-12,21,23H,1,13-14H2,2-4H3,(H,24,25)/t21-/m1/s1. The maximum Gasteiger partial charge on any atom is 0.327 e. The lowest BCUT2D eigenvalue weighted by molar-refractivity contribution is -0.143. The highest BCUT2D eigenvalue weighted by atomic mass is 32.2. The second-order valence-corrected chi connectivity index (χ2v) is 7.35. The zero-order valence-corrected chi connectivity index (χ0v) is 17.3. The Kier molecular flexibility index (Phi) is 8.29. The van der Waals surface area contributed by atoms with Crippen molar-refractivity contribution in [2.24, 2.45) is 0 Å². The van der Waals surface area contributed by atoms with Gasteiger partial charge in [-0.15, -0.1) is 18.3 Å². The number of amides is 1. The second-order valence-electron chi connectivity index (χ2n) is 6.29. The third-order valence-electron chi connectivity index (χ3n) is 4.25. The molecule has 5 nitrogen and oxygen atoms in total. The Morgan fingerprint density at radius 3 is 2.46 bits per heavy atom. The second kappa shape index (κ2) is 10.7. The number of anilines is 1. The zero-order chi connectivity index (χ0) is 20.5. The first-order valence-electron chi connectivity index (χ1n) is 8.97. The molecule has 0 aliphatic heterocycles. The first-order valence-corrected chi connectivity index (χ1v) is 9.96. The monoisotopic (exact) mass is 398 g/mol. The average molecular weight is 399 g/mol. The molecule has 0 radical (unpaired) electrons. The van der Waals surface area contributed by atoms with Gasteiger partial charge in [-0.05, 0) is 42.7 Å². The van der Waals surface area contributed by atoms with Crippen LogP contribution in [0.3, 0.4) is 0 Å². The summed E-state index contributed by atoms with van der Waals surface area (Å²) in [4.78, 5) is 25.8. The quantitative estimate of drug-likeness (QED) is 0.379. The highest BCUT2D eigenvalue weighted by molar-refractivity contribution is 7.99. The molecule has 148 valence electrons. The topological polar surface area (TPSA) is 67.4 Å². The number of carbonyl (C=O) groups is 2.